The Labute approximate surface area is 108 Å². The molecular weight excluding hydrogens is 224 g/mol. The molecule has 2 aromatic carbocycles. The van der Waals surface area contributed by atoms with E-state index >= 15 is 0 Å². The van der Waals surface area contributed by atoms with Gasteiger partial charge in [0.25, 0.3) is 0 Å². The van der Waals surface area contributed by atoms with Gasteiger partial charge in [0.05, 0.1) is 0 Å². The van der Waals surface area contributed by atoms with Crippen LogP contribution >= 0.6 is 0 Å². The molecule has 18 heavy (non-hydrogen) atoms. The molecule has 0 aliphatic heterocycles. The van der Waals surface area contributed by atoms with Crippen LogP contribution in [0, 0.1) is 0 Å². The Morgan fingerprint density at radius 1 is 0.667 bits per heavy atom. The second-order valence-corrected chi connectivity index (χ2v) is 3.89. The zero-order valence-electron chi connectivity index (χ0n) is 10.3. The predicted molar refractivity (Wildman–Crippen MR) is 77.5 cm³/mol. The van der Waals surface area contributed by atoms with Crippen LogP contribution in [0.4, 0.5) is 11.4 Å². The molecule has 2 aromatic rings. The van der Waals surface area contributed by atoms with Gasteiger partial charge >= 0.3 is 0 Å². The molecule has 96 valence electrons. The minimum absolute atomic E-state index is 0.602. The Balaban J connectivity index is 0.000000184. The number of nitrogen functional groups attached to an aromatic ring is 2. The Morgan fingerprint density at radius 2 is 1.06 bits per heavy atom. The monoisotopic (exact) mass is 244 g/mol. The molecule has 4 nitrogen and oxygen atoms in total. The molecule has 2 rings (SSSR count). The van der Waals surface area contributed by atoms with Crippen molar-refractivity contribution in [1.82, 2.24) is 0 Å². The van der Waals surface area contributed by atoms with E-state index in [9.17, 15) is 0 Å². The molecule has 0 amide bonds. The van der Waals surface area contributed by atoms with Crippen LogP contribution in [-0.2, 0) is 13.1 Å². The van der Waals surface area contributed by atoms with Gasteiger partial charge in [-0.3, -0.25) is 0 Å². The fraction of sp³-hybridized carbons (Fsp3) is 0.143. The first kappa shape index (κ1) is 14.0. The maximum Gasteiger partial charge on any atom is 0.0334 e. The summed E-state index contributed by atoms with van der Waals surface area (Å²) < 4.78 is 0. The quantitative estimate of drug-likeness (QED) is 0.600. The van der Waals surface area contributed by atoms with Gasteiger partial charge in [0.15, 0.2) is 0 Å². The van der Waals surface area contributed by atoms with Crippen LogP contribution in [0.3, 0.4) is 0 Å². The van der Waals surface area contributed by atoms with Crippen molar-refractivity contribution >= 4 is 11.4 Å². The summed E-state index contributed by atoms with van der Waals surface area (Å²) >= 11 is 0. The van der Waals surface area contributed by atoms with Gasteiger partial charge in [-0.05, 0) is 29.3 Å². The number of nitrogens with two attached hydrogens (primary N) is 4. The van der Waals surface area contributed by atoms with Crippen molar-refractivity contribution in [2.75, 3.05) is 11.5 Å². The van der Waals surface area contributed by atoms with Crippen molar-refractivity contribution in [2.24, 2.45) is 11.5 Å². The summed E-state index contributed by atoms with van der Waals surface area (Å²) in [6.07, 6.45) is 0. The molecule has 4 heteroatoms. The summed E-state index contributed by atoms with van der Waals surface area (Å²) in [5.41, 5.74) is 25.3. The predicted octanol–water partition coefficient (Wildman–Crippen LogP) is 1.45. The molecule has 0 spiro atoms. The lowest BCUT2D eigenvalue weighted by Crippen LogP contribution is -1.98. The highest BCUT2D eigenvalue weighted by atomic mass is 14.6. The average molecular weight is 244 g/mol. The third-order valence-corrected chi connectivity index (χ3v) is 2.41. The lowest BCUT2D eigenvalue weighted by Gasteiger charge is -1.97. The fourth-order valence-electron chi connectivity index (χ4n) is 1.37. The summed E-state index contributed by atoms with van der Waals surface area (Å²) in [5, 5.41) is 0. The topological polar surface area (TPSA) is 104 Å². The van der Waals surface area contributed by atoms with Gasteiger partial charge in [-0.15, -0.1) is 0 Å². The van der Waals surface area contributed by atoms with Gasteiger partial charge in [-0.25, -0.2) is 0 Å². The van der Waals surface area contributed by atoms with Crippen molar-refractivity contribution in [3.05, 3.63) is 59.7 Å². The molecule has 0 aliphatic rings. The number of hydrogen-bond donors (Lipinski definition) is 4. The van der Waals surface area contributed by atoms with Gasteiger partial charge < -0.3 is 22.9 Å². The van der Waals surface area contributed by atoms with E-state index in [-0.39, 0.29) is 0 Å². The maximum atomic E-state index is 5.41. The molecule has 0 radical (unpaired) electrons. The summed E-state index contributed by atoms with van der Waals surface area (Å²) in [7, 11) is 0. The Morgan fingerprint density at radius 3 is 1.28 bits per heavy atom. The fourth-order valence-corrected chi connectivity index (χ4v) is 1.37. The van der Waals surface area contributed by atoms with Crippen molar-refractivity contribution in [3.63, 3.8) is 0 Å². The van der Waals surface area contributed by atoms with E-state index in [0.717, 1.165) is 11.1 Å². The molecular formula is C14H20N4. The minimum atomic E-state index is 0.602. The second kappa shape index (κ2) is 7.32. The standard InChI is InChI=1S/C8H12N2.C6H8N2/c9-5-7-1-2-8(6-10)4-3-7;7-5-2-1-3-6(8)4-5/h1-4H,5-6,9-10H2;1-4H,7-8H2. The summed E-state index contributed by atoms with van der Waals surface area (Å²) in [5.74, 6) is 0. The molecule has 0 aromatic heterocycles. The highest BCUT2D eigenvalue weighted by Gasteiger charge is 1.88. The molecule has 0 unspecified atom stereocenters. The molecule has 0 atom stereocenters. The van der Waals surface area contributed by atoms with Crippen LogP contribution in [0.15, 0.2) is 48.5 Å². The first-order valence-corrected chi connectivity index (χ1v) is 5.74. The molecule has 0 fully saturated rings. The van der Waals surface area contributed by atoms with Gasteiger partial charge in [0, 0.05) is 24.5 Å². The van der Waals surface area contributed by atoms with Crippen molar-refractivity contribution < 1.29 is 0 Å². The average Bonchev–Trinajstić information content (AvgIpc) is 2.39. The SMILES string of the molecule is NCc1ccc(CN)cc1.Nc1cccc(N)c1. The normalized spacial score (nSPS) is 9.44. The lowest BCUT2D eigenvalue weighted by atomic mass is 10.1. The van der Waals surface area contributed by atoms with E-state index in [2.05, 4.69) is 0 Å². The molecule has 0 bridgehead atoms. The Hall–Kier alpha value is -2.04. The van der Waals surface area contributed by atoms with Gasteiger partial charge in [0.2, 0.25) is 0 Å². The molecule has 0 saturated heterocycles. The molecule has 0 heterocycles. The number of hydrogen-bond acceptors (Lipinski definition) is 4. The highest BCUT2D eigenvalue weighted by molar-refractivity contribution is 5.50. The number of anilines is 2. The van der Waals surface area contributed by atoms with E-state index in [0.29, 0.717) is 24.5 Å². The van der Waals surface area contributed by atoms with E-state index in [1.54, 1.807) is 18.2 Å². The summed E-state index contributed by atoms with van der Waals surface area (Å²) in [6.45, 7) is 1.20. The minimum Gasteiger partial charge on any atom is -0.399 e. The molecule has 0 saturated carbocycles. The largest absolute Gasteiger partial charge is 0.399 e. The second-order valence-electron chi connectivity index (χ2n) is 3.89. The van der Waals surface area contributed by atoms with Crippen molar-refractivity contribution in [2.45, 2.75) is 13.1 Å². The van der Waals surface area contributed by atoms with Crippen LogP contribution in [-0.4, -0.2) is 0 Å². The highest BCUT2D eigenvalue weighted by Crippen LogP contribution is 2.06. The van der Waals surface area contributed by atoms with E-state index in [1.165, 1.54) is 0 Å². The van der Waals surface area contributed by atoms with Crippen molar-refractivity contribution in [1.29, 1.82) is 0 Å². The third-order valence-electron chi connectivity index (χ3n) is 2.41. The summed E-state index contributed by atoms with van der Waals surface area (Å²) in [6, 6.07) is 15.2. The lowest BCUT2D eigenvalue weighted by molar-refractivity contribution is 1.04. The number of benzene rings is 2. The van der Waals surface area contributed by atoms with E-state index in [1.807, 2.05) is 30.3 Å². The van der Waals surface area contributed by atoms with Gasteiger partial charge in [-0.1, -0.05) is 30.3 Å². The van der Waals surface area contributed by atoms with Gasteiger partial charge in [0.1, 0.15) is 0 Å². The zero-order chi connectivity index (χ0) is 13.4. The Bertz CT molecular complexity index is 425. The smallest absolute Gasteiger partial charge is 0.0334 e. The first-order valence-electron chi connectivity index (χ1n) is 5.74. The van der Waals surface area contributed by atoms with E-state index < -0.39 is 0 Å². The summed E-state index contributed by atoms with van der Waals surface area (Å²) in [4.78, 5) is 0. The zero-order valence-corrected chi connectivity index (χ0v) is 10.3. The van der Waals surface area contributed by atoms with Gasteiger partial charge in [-0.2, -0.15) is 0 Å². The van der Waals surface area contributed by atoms with Crippen LogP contribution in [0.5, 0.6) is 0 Å². The molecule has 8 N–H and O–H groups in total. The number of rotatable bonds is 2. The molecule has 0 aliphatic carbocycles. The van der Waals surface area contributed by atoms with Crippen LogP contribution in [0.25, 0.3) is 0 Å². The first-order chi connectivity index (χ1) is 8.65. The maximum absolute atomic E-state index is 5.41. The Kier molecular flexibility index (Phi) is 5.70. The van der Waals surface area contributed by atoms with Crippen LogP contribution < -0.4 is 22.9 Å². The van der Waals surface area contributed by atoms with E-state index in [4.69, 9.17) is 22.9 Å². The van der Waals surface area contributed by atoms with Crippen LogP contribution in [0.2, 0.25) is 0 Å². The third kappa shape index (κ3) is 4.86. The van der Waals surface area contributed by atoms with Crippen LogP contribution in [0.1, 0.15) is 11.1 Å². The van der Waals surface area contributed by atoms with Crippen molar-refractivity contribution in [3.8, 4) is 0 Å².